The predicted octanol–water partition coefficient (Wildman–Crippen LogP) is 3.83. The van der Waals surface area contributed by atoms with Crippen molar-refractivity contribution >= 4 is 29.7 Å². The molecule has 4 aromatic carbocycles. The van der Waals surface area contributed by atoms with Gasteiger partial charge in [0, 0.05) is 56.5 Å². The molecule has 0 spiro atoms. The van der Waals surface area contributed by atoms with E-state index < -0.39 is 8.07 Å². The Kier molecular flexibility index (Phi) is 6.71. The monoisotopic (exact) mass is 574 g/mol. The van der Waals surface area contributed by atoms with Crippen molar-refractivity contribution in [1.82, 2.24) is 9.48 Å². The van der Waals surface area contributed by atoms with Crippen molar-refractivity contribution in [2.75, 3.05) is 44.7 Å². The number of fused-ring (bicyclic) bond motifs is 3. The zero-order chi connectivity index (χ0) is 29.2. The second-order valence-electron chi connectivity index (χ2n) is 13.1. The second kappa shape index (κ2) is 10.3. The average molecular weight is 575 g/mol. The third-order valence-corrected chi connectivity index (χ3v) is 13.5. The maximum atomic E-state index is 13.7. The van der Waals surface area contributed by atoms with Crippen LogP contribution in [0.3, 0.4) is 0 Å². The predicted molar refractivity (Wildman–Crippen MR) is 176 cm³/mol. The van der Waals surface area contributed by atoms with Gasteiger partial charge in [0.25, 0.3) is 0 Å². The third-order valence-electron chi connectivity index (χ3n) is 10.00. The van der Waals surface area contributed by atoms with Crippen LogP contribution in [-0.2, 0) is 13.0 Å². The quantitative estimate of drug-likeness (QED) is 0.271. The number of hydrogen-bond donors (Lipinski definition) is 0. The molecule has 1 saturated heterocycles. The molecule has 4 aromatic rings. The second-order valence-corrected chi connectivity index (χ2v) is 17.4. The lowest BCUT2D eigenvalue weighted by Gasteiger charge is -2.38. The van der Waals surface area contributed by atoms with Gasteiger partial charge in [0.15, 0.2) is 0 Å². The zero-order valence-electron chi connectivity index (χ0n) is 25.6. The summed E-state index contributed by atoms with van der Waals surface area (Å²) in [6.45, 7) is 15.5. The van der Waals surface area contributed by atoms with Crippen LogP contribution in [0.5, 0.6) is 0 Å². The van der Waals surface area contributed by atoms with Gasteiger partial charge < -0.3 is 4.90 Å². The number of benzene rings is 4. The van der Waals surface area contributed by atoms with Crippen molar-refractivity contribution in [2.24, 2.45) is 0 Å². The molecule has 0 atom stereocenters. The number of likely N-dealkylation sites (N-methyl/N-ethyl adjacent to an activating group) is 1. The molecule has 0 aliphatic carbocycles. The lowest BCUT2D eigenvalue weighted by atomic mass is 9.88. The van der Waals surface area contributed by atoms with Crippen LogP contribution in [0, 0.1) is 19.7 Å². The molecule has 0 saturated carbocycles. The summed E-state index contributed by atoms with van der Waals surface area (Å²) in [5.74, 6) is -0.151. The molecule has 0 amide bonds. The largest absolute Gasteiger partial charge is 0.369 e. The molecule has 0 unspecified atom stereocenters. The molecule has 3 aliphatic rings. The lowest BCUT2D eigenvalue weighted by Crippen LogP contribution is -2.64. The van der Waals surface area contributed by atoms with Crippen LogP contribution in [-0.4, -0.2) is 52.7 Å². The minimum atomic E-state index is -2.00. The van der Waals surface area contributed by atoms with Gasteiger partial charge in [-0.15, -0.1) is 0 Å². The Morgan fingerprint density at radius 3 is 2.31 bits per heavy atom. The smallest absolute Gasteiger partial charge is 0.203 e. The van der Waals surface area contributed by atoms with Crippen LogP contribution in [0.15, 0.2) is 72.8 Å². The van der Waals surface area contributed by atoms with Crippen LogP contribution in [0.25, 0.3) is 5.57 Å². The van der Waals surface area contributed by atoms with Crippen LogP contribution >= 0.6 is 0 Å². The minimum absolute atomic E-state index is 0.151. The van der Waals surface area contributed by atoms with Gasteiger partial charge in [-0.25, -0.2) is 8.97 Å². The summed E-state index contributed by atoms with van der Waals surface area (Å²) in [6, 6.07) is 26.2. The van der Waals surface area contributed by atoms with Gasteiger partial charge in [0.1, 0.15) is 27.5 Å². The first kappa shape index (κ1) is 27.3. The molecule has 0 bridgehead atoms. The Balaban J connectivity index is 1.30. The van der Waals surface area contributed by atoms with Crippen molar-refractivity contribution in [1.29, 1.82) is 0 Å². The highest BCUT2D eigenvalue weighted by molar-refractivity contribution is 7.01. The van der Waals surface area contributed by atoms with Gasteiger partial charge in [-0.3, -0.25) is 4.90 Å². The molecule has 3 aliphatic heterocycles. The molecule has 1 fully saturated rings. The van der Waals surface area contributed by atoms with E-state index in [2.05, 4.69) is 96.9 Å². The van der Waals surface area contributed by atoms with Crippen LogP contribution in [0.4, 0.5) is 10.1 Å². The highest BCUT2D eigenvalue weighted by Gasteiger charge is 2.37. The number of aryl methyl sites for hydroxylation is 2. The van der Waals surface area contributed by atoms with Crippen molar-refractivity contribution < 1.29 is 4.39 Å². The molecule has 3 heterocycles. The SMILES string of the molecule is Cc1cccc(C)c1C1=c2cc3c(cc2[Si](C)(C)c2cc(N4CCN(Cc5cccc(F)c5)CC4)ccc21)=[N+](C)CC3. The fourth-order valence-corrected chi connectivity index (χ4v) is 10.7. The van der Waals surface area contributed by atoms with Crippen molar-refractivity contribution in [3.8, 4) is 0 Å². The number of halogens is 1. The van der Waals surface area contributed by atoms with E-state index in [4.69, 9.17) is 0 Å². The first-order valence-electron chi connectivity index (χ1n) is 15.4. The van der Waals surface area contributed by atoms with Crippen LogP contribution in [0.2, 0.25) is 13.1 Å². The normalized spacial score (nSPS) is 17.7. The van der Waals surface area contributed by atoms with E-state index in [0.29, 0.717) is 0 Å². The molecular formula is C37H41FN3Si+. The fourth-order valence-electron chi connectivity index (χ4n) is 7.61. The van der Waals surface area contributed by atoms with Gasteiger partial charge in [0.05, 0.1) is 0 Å². The Bertz CT molecular complexity index is 1830. The van der Waals surface area contributed by atoms with E-state index in [1.54, 1.807) is 16.4 Å². The van der Waals surface area contributed by atoms with E-state index in [-0.39, 0.29) is 5.82 Å². The number of piperazine rings is 1. The van der Waals surface area contributed by atoms with Gasteiger partial charge in [0.2, 0.25) is 5.36 Å². The molecule has 3 nitrogen and oxygen atoms in total. The summed E-state index contributed by atoms with van der Waals surface area (Å²) in [5, 5.41) is 6.00. The molecule has 0 N–H and O–H groups in total. The Labute approximate surface area is 250 Å². The average Bonchev–Trinajstić information content (AvgIpc) is 3.34. The summed E-state index contributed by atoms with van der Waals surface area (Å²) >= 11 is 0. The Morgan fingerprint density at radius 2 is 1.57 bits per heavy atom. The fraction of sp³-hybridized carbons (Fsp3) is 0.324. The van der Waals surface area contributed by atoms with Gasteiger partial charge in [-0.1, -0.05) is 49.5 Å². The van der Waals surface area contributed by atoms with Gasteiger partial charge >= 0.3 is 0 Å². The summed E-state index contributed by atoms with van der Waals surface area (Å²) in [7, 11) is 0.243. The Hall–Kier alpha value is -3.54. The van der Waals surface area contributed by atoms with E-state index in [1.165, 1.54) is 55.7 Å². The summed E-state index contributed by atoms with van der Waals surface area (Å²) < 4.78 is 16.2. The van der Waals surface area contributed by atoms with Crippen molar-refractivity contribution in [2.45, 2.75) is 39.9 Å². The van der Waals surface area contributed by atoms with Crippen molar-refractivity contribution in [3.05, 3.63) is 123 Å². The highest BCUT2D eigenvalue weighted by Crippen LogP contribution is 2.31. The third kappa shape index (κ3) is 4.54. The summed E-state index contributed by atoms with van der Waals surface area (Å²) in [6.07, 6.45) is 1.12. The highest BCUT2D eigenvalue weighted by atomic mass is 28.3. The van der Waals surface area contributed by atoms with Gasteiger partial charge in [-0.05, 0) is 93.2 Å². The number of hydrogen-bond acceptors (Lipinski definition) is 2. The van der Waals surface area contributed by atoms with Gasteiger partial charge in [-0.2, -0.15) is 0 Å². The summed E-state index contributed by atoms with van der Waals surface area (Å²) in [5.41, 5.74) is 10.8. The van der Waals surface area contributed by atoms with Crippen LogP contribution in [0.1, 0.15) is 33.4 Å². The van der Waals surface area contributed by atoms with E-state index in [9.17, 15) is 4.39 Å². The molecule has 42 heavy (non-hydrogen) atoms. The maximum absolute atomic E-state index is 13.7. The van der Waals surface area contributed by atoms with E-state index in [0.717, 1.165) is 51.3 Å². The first-order valence-corrected chi connectivity index (χ1v) is 18.4. The minimum Gasteiger partial charge on any atom is -0.369 e. The lowest BCUT2D eigenvalue weighted by molar-refractivity contribution is 0.249. The number of anilines is 1. The molecule has 5 heteroatoms. The molecule has 0 radical (unpaired) electrons. The summed E-state index contributed by atoms with van der Waals surface area (Å²) in [4.78, 5) is 5.00. The maximum Gasteiger partial charge on any atom is 0.203 e. The molecule has 7 rings (SSSR count). The number of rotatable bonds is 4. The molecule has 0 aromatic heterocycles. The van der Waals surface area contributed by atoms with Crippen LogP contribution < -0.4 is 30.4 Å². The number of nitrogens with zero attached hydrogens (tertiary/aromatic N) is 3. The standard InChI is InChI=1S/C37H41FN3Si/c1-25-8-6-9-26(2)36(25)37-31-13-12-30(41-18-16-40(17-19-41)24-27-10-7-11-29(38)20-27)22-34(31)42(4,5)35-23-33-28(21-32(35)37)14-15-39(33)3/h6-13,20-23H,14-19,24H2,1-5H3/q+1. The zero-order valence-corrected chi connectivity index (χ0v) is 26.6. The Morgan fingerprint density at radius 1 is 0.833 bits per heavy atom. The van der Waals surface area contributed by atoms with Crippen molar-refractivity contribution in [3.63, 3.8) is 0 Å². The molecule has 214 valence electrons. The first-order chi connectivity index (χ1) is 20.2. The van der Waals surface area contributed by atoms with E-state index >= 15 is 0 Å². The van der Waals surface area contributed by atoms with E-state index in [1.807, 2.05) is 12.1 Å². The molecular weight excluding hydrogens is 534 g/mol. The topological polar surface area (TPSA) is 9.49 Å².